The van der Waals surface area contributed by atoms with E-state index >= 15 is 0 Å². The summed E-state index contributed by atoms with van der Waals surface area (Å²) in [7, 11) is 0. The molecule has 1 unspecified atom stereocenters. The highest BCUT2D eigenvalue weighted by molar-refractivity contribution is 5.82. The van der Waals surface area contributed by atoms with Gasteiger partial charge in [-0.05, 0) is 25.7 Å². The molecule has 3 N–H and O–H groups in total. The van der Waals surface area contributed by atoms with Gasteiger partial charge in [0.15, 0.2) is 0 Å². The number of carbonyl (C=O) groups is 2. The van der Waals surface area contributed by atoms with Gasteiger partial charge in [-0.1, -0.05) is 19.4 Å². The molecule has 1 atom stereocenters. The molecule has 0 saturated carbocycles. The minimum absolute atomic E-state index is 0.101. The van der Waals surface area contributed by atoms with E-state index in [2.05, 4.69) is 6.58 Å². The number of rotatable bonds is 6. The molecule has 1 aliphatic heterocycles. The van der Waals surface area contributed by atoms with E-state index in [9.17, 15) is 14.7 Å². The third-order valence-electron chi connectivity index (χ3n) is 3.95. The average Bonchev–Trinajstić information content (AvgIpc) is 2.39. The van der Waals surface area contributed by atoms with E-state index in [1.165, 1.54) is 0 Å². The van der Waals surface area contributed by atoms with Gasteiger partial charge in [0.05, 0.1) is 11.5 Å². The Kier molecular flexibility index (Phi) is 5.54. The summed E-state index contributed by atoms with van der Waals surface area (Å²) in [5.41, 5.74) is 5.11. The first-order valence-corrected chi connectivity index (χ1v) is 6.85. The minimum atomic E-state index is -0.739. The van der Waals surface area contributed by atoms with Crippen molar-refractivity contribution in [3.8, 4) is 0 Å². The van der Waals surface area contributed by atoms with Crippen molar-refractivity contribution in [3.63, 3.8) is 0 Å². The topological polar surface area (TPSA) is 83.6 Å². The second kappa shape index (κ2) is 6.70. The van der Waals surface area contributed by atoms with Gasteiger partial charge in [-0.2, -0.15) is 0 Å². The van der Waals surface area contributed by atoms with Gasteiger partial charge in [0.25, 0.3) is 0 Å². The lowest BCUT2D eigenvalue weighted by Gasteiger charge is -2.39. The summed E-state index contributed by atoms with van der Waals surface area (Å²) in [6, 6.07) is -0.555. The molecule has 1 heterocycles. The van der Waals surface area contributed by atoms with Crippen molar-refractivity contribution in [2.24, 2.45) is 11.1 Å². The van der Waals surface area contributed by atoms with Crippen LogP contribution >= 0.6 is 0 Å². The van der Waals surface area contributed by atoms with E-state index in [1.54, 1.807) is 11.0 Å². The number of carboxylic acid groups (broad SMARTS) is 1. The quantitative estimate of drug-likeness (QED) is 0.713. The van der Waals surface area contributed by atoms with Gasteiger partial charge in [0.1, 0.15) is 0 Å². The molecule has 108 valence electrons. The van der Waals surface area contributed by atoms with Crippen LogP contribution in [0, 0.1) is 5.41 Å². The number of nitrogens with zero attached hydrogens (tertiary/aromatic N) is 1. The third kappa shape index (κ3) is 3.56. The summed E-state index contributed by atoms with van der Waals surface area (Å²) < 4.78 is 0. The Morgan fingerprint density at radius 3 is 2.47 bits per heavy atom. The van der Waals surface area contributed by atoms with Gasteiger partial charge >= 0.3 is 5.97 Å². The van der Waals surface area contributed by atoms with E-state index in [1.807, 2.05) is 6.92 Å². The molecule has 1 rings (SSSR count). The van der Waals surface area contributed by atoms with Crippen LogP contribution in [0.4, 0.5) is 0 Å². The fraction of sp³-hybridized carbons (Fsp3) is 0.714. The molecule has 0 aromatic rings. The van der Waals surface area contributed by atoms with Gasteiger partial charge in [0.2, 0.25) is 5.91 Å². The number of likely N-dealkylation sites (tertiary alicyclic amines) is 1. The van der Waals surface area contributed by atoms with Crippen LogP contribution in [0.2, 0.25) is 0 Å². The number of hydrogen-bond acceptors (Lipinski definition) is 3. The zero-order valence-corrected chi connectivity index (χ0v) is 11.6. The van der Waals surface area contributed by atoms with E-state index in [-0.39, 0.29) is 5.91 Å². The zero-order valence-electron chi connectivity index (χ0n) is 11.6. The zero-order chi connectivity index (χ0) is 14.5. The number of aliphatic carboxylic acids is 1. The molecule has 19 heavy (non-hydrogen) atoms. The minimum Gasteiger partial charge on any atom is -0.481 e. The fourth-order valence-electron chi connectivity index (χ4n) is 2.72. The van der Waals surface area contributed by atoms with Crippen LogP contribution in [0.25, 0.3) is 0 Å². The molecule has 1 saturated heterocycles. The van der Waals surface area contributed by atoms with Crippen LogP contribution in [-0.2, 0) is 9.59 Å². The molecule has 1 fully saturated rings. The lowest BCUT2D eigenvalue weighted by molar-refractivity contribution is -0.155. The van der Waals surface area contributed by atoms with Crippen LogP contribution < -0.4 is 5.73 Å². The van der Waals surface area contributed by atoms with Crippen molar-refractivity contribution in [2.75, 3.05) is 13.1 Å². The molecule has 0 radical (unpaired) electrons. The summed E-state index contributed by atoms with van der Waals surface area (Å²) in [5, 5.41) is 9.40. The van der Waals surface area contributed by atoms with Crippen molar-refractivity contribution in [1.29, 1.82) is 0 Å². The number of nitrogens with two attached hydrogens (primary N) is 1. The van der Waals surface area contributed by atoms with Crippen molar-refractivity contribution in [1.82, 2.24) is 4.90 Å². The number of carbonyl (C=O) groups excluding carboxylic acids is 1. The number of piperidine rings is 1. The normalized spacial score (nSPS) is 19.8. The molecule has 5 heteroatoms. The number of hydrogen-bond donors (Lipinski definition) is 2. The van der Waals surface area contributed by atoms with Crippen LogP contribution in [-0.4, -0.2) is 41.0 Å². The highest BCUT2D eigenvalue weighted by atomic mass is 16.4. The van der Waals surface area contributed by atoms with Gasteiger partial charge < -0.3 is 15.7 Å². The molecule has 5 nitrogen and oxygen atoms in total. The lowest BCUT2D eigenvalue weighted by Crippen LogP contribution is -2.51. The van der Waals surface area contributed by atoms with E-state index in [4.69, 9.17) is 5.73 Å². The van der Waals surface area contributed by atoms with Crippen LogP contribution in [0.5, 0.6) is 0 Å². The molecule has 1 amide bonds. The number of amides is 1. The fourth-order valence-corrected chi connectivity index (χ4v) is 2.72. The first kappa shape index (κ1) is 15.7. The van der Waals surface area contributed by atoms with Crippen LogP contribution in [0.3, 0.4) is 0 Å². The first-order valence-electron chi connectivity index (χ1n) is 6.85. The maximum absolute atomic E-state index is 12.0. The van der Waals surface area contributed by atoms with Crippen molar-refractivity contribution < 1.29 is 14.7 Å². The van der Waals surface area contributed by atoms with Crippen LogP contribution in [0.1, 0.15) is 39.0 Å². The van der Waals surface area contributed by atoms with Crippen molar-refractivity contribution in [3.05, 3.63) is 12.7 Å². The largest absolute Gasteiger partial charge is 0.481 e. The van der Waals surface area contributed by atoms with Crippen molar-refractivity contribution in [2.45, 2.75) is 45.1 Å². The van der Waals surface area contributed by atoms with Gasteiger partial charge in [-0.15, -0.1) is 6.58 Å². The molecular weight excluding hydrogens is 244 g/mol. The molecule has 1 aliphatic rings. The van der Waals surface area contributed by atoms with E-state index < -0.39 is 17.4 Å². The maximum atomic E-state index is 12.0. The molecule has 0 aliphatic carbocycles. The molecule has 0 bridgehead atoms. The molecule has 0 aromatic carbocycles. The summed E-state index contributed by atoms with van der Waals surface area (Å²) >= 11 is 0. The summed E-state index contributed by atoms with van der Waals surface area (Å²) in [5.74, 6) is -0.841. The highest BCUT2D eigenvalue weighted by Crippen LogP contribution is 2.36. The van der Waals surface area contributed by atoms with Gasteiger partial charge in [0, 0.05) is 13.1 Å². The smallest absolute Gasteiger partial charge is 0.309 e. The Hall–Kier alpha value is -1.36. The SMILES string of the molecule is C=CCC(N)C(=O)N1CCC(CCC)(C(=O)O)CC1. The highest BCUT2D eigenvalue weighted by Gasteiger charge is 2.41. The second-order valence-corrected chi connectivity index (χ2v) is 5.29. The Balaban J connectivity index is 2.63. The monoisotopic (exact) mass is 268 g/mol. The first-order chi connectivity index (χ1) is 8.96. The summed E-state index contributed by atoms with van der Waals surface area (Å²) in [6.45, 7) is 6.52. The predicted molar refractivity (Wildman–Crippen MR) is 73.6 cm³/mol. The lowest BCUT2D eigenvalue weighted by atomic mass is 9.75. The Labute approximate surface area is 114 Å². The van der Waals surface area contributed by atoms with Crippen LogP contribution in [0.15, 0.2) is 12.7 Å². The Morgan fingerprint density at radius 2 is 2.05 bits per heavy atom. The predicted octanol–water partition coefficient (Wildman–Crippen LogP) is 1.38. The van der Waals surface area contributed by atoms with Gasteiger partial charge in [-0.25, -0.2) is 0 Å². The standard InChI is InChI=1S/C14H24N2O3/c1-3-5-11(15)12(17)16-9-7-14(6-4-2,8-10-16)13(18)19/h3,11H,1,4-10,15H2,2H3,(H,18,19). The third-order valence-corrected chi connectivity index (χ3v) is 3.95. The molecule has 0 aromatic heterocycles. The second-order valence-electron chi connectivity index (χ2n) is 5.29. The Bertz CT molecular complexity index is 347. The maximum Gasteiger partial charge on any atom is 0.309 e. The van der Waals surface area contributed by atoms with Gasteiger partial charge in [-0.3, -0.25) is 9.59 Å². The number of carboxylic acids is 1. The summed E-state index contributed by atoms with van der Waals surface area (Å²) in [4.78, 5) is 25.2. The molecular formula is C14H24N2O3. The molecule has 0 spiro atoms. The Morgan fingerprint density at radius 1 is 1.47 bits per heavy atom. The van der Waals surface area contributed by atoms with E-state index in [0.29, 0.717) is 38.8 Å². The van der Waals surface area contributed by atoms with Crippen molar-refractivity contribution >= 4 is 11.9 Å². The summed E-state index contributed by atoms with van der Waals surface area (Å²) in [6.07, 6.45) is 4.63. The average molecular weight is 268 g/mol. The van der Waals surface area contributed by atoms with E-state index in [0.717, 1.165) is 6.42 Å².